The van der Waals surface area contributed by atoms with E-state index < -0.39 is 11.8 Å². The summed E-state index contributed by atoms with van der Waals surface area (Å²) in [6, 6.07) is 13.9. The van der Waals surface area contributed by atoms with Crippen molar-refractivity contribution in [1.82, 2.24) is 0 Å². The van der Waals surface area contributed by atoms with Crippen molar-refractivity contribution < 1.29 is 33.1 Å². The van der Waals surface area contributed by atoms with Crippen LogP contribution in [0.5, 0.6) is 11.5 Å². The van der Waals surface area contributed by atoms with Crippen LogP contribution < -0.4 is 9.47 Å². The Morgan fingerprint density at radius 3 is 2.51 bits per heavy atom. The Labute approximate surface area is 231 Å². The van der Waals surface area contributed by atoms with Crippen LogP contribution in [0.25, 0.3) is 0 Å². The van der Waals surface area contributed by atoms with Crippen molar-refractivity contribution >= 4 is 13.1 Å². The third kappa shape index (κ3) is 4.54. The maximum absolute atomic E-state index is 13.1. The smallest absolute Gasteiger partial charge is 0.458 e. The van der Waals surface area contributed by atoms with Crippen LogP contribution in [0.4, 0.5) is 0 Å². The van der Waals surface area contributed by atoms with Gasteiger partial charge < -0.3 is 28.3 Å². The number of cyclic esters (lactones) is 1. The van der Waals surface area contributed by atoms with Crippen molar-refractivity contribution in [2.75, 3.05) is 13.7 Å². The molecule has 2 bridgehead atoms. The summed E-state index contributed by atoms with van der Waals surface area (Å²) in [7, 11) is 1.17. The molecule has 0 aromatic heterocycles. The van der Waals surface area contributed by atoms with E-state index in [0.29, 0.717) is 48.4 Å². The van der Waals surface area contributed by atoms with E-state index in [4.69, 9.17) is 28.3 Å². The van der Waals surface area contributed by atoms with Crippen LogP contribution in [-0.2, 0) is 25.4 Å². The number of methoxy groups -OCH3 is 1. The normalized spacial score (nSPS) is 30.4. The van der Waals surface area contributed by atoms with Crippen molar-refractivity contribution in [3.05, 3.63) is 59.2 Å². The highest BCUT2D eigenvalue weighted by molar-refractivity contribution is 6.45. The molecule has 2 aromatic rings. The van der Waals surface area contributed by atoms with Gasteiger partial charge in [-0.15, -0.1) is 0 Å². The van der Waals surface area contributed by atoms with E-state index in [1.54, 1.807) is 19.9 Å². The predicted octanol–water partition coefficient (Wildman–Crippen LogP) is 6.01. The minimum atomic E-state index is -1.10. The average Bonchev–Trinajstić information content (AvgIpc) is 3.23. The minimum Gasteiger partial charge on any atom is -0.496 e. The molecular formula is C31H39BO7. The molecule has 0 N–H and O–H groups in total. The van der Waals surface area contributed by atoms with Crippen LogP contribution in [0.1, 0.15) is 74.9 Å². The summed E-state index contributed by atoms with van der Waals surface area (Å²) >= 11 is 0. The van der Waals surface area contributed by atoms with Crippen LogP contribution in [0.15, 0.2) is 42.5 Å². The summed E-state index contributed by atoms with van der Waals surface area (Å²) in [5, 5.41) is 0. The summed E-state index contributed by atoms with van der Waals surface area (Å²) in [6.07, 6.45) is 2.92. The molecule has 208 valence electrons. The fraction of sp³-hybridized carbons (Fsp3) is 0.581. The second kappa shape index (κ2) is 9.53. The zero-order chi connectivity index (χ0) is 27.6. The van der Waals surface area contributed by atoms with Gasteiger partial charge in [0, 0.05) is 25.3 Å². The van der Waals surface area contributed by atoms with Gasteiger partial charge in [-0.2, -0.15) is 0 Å². The van der Waals surface area contributed by atoms with Crippen molar-refractivity contribution in [3.63, 3.8) is 0 Å². The molecule has 3 saturated carbocycles. The van der Waals surface area contributed by atoms with E-state index in [1.165, 1.54) is 13.5 Å². The van der Waals surface area contributed by atoms with Gasteiger partial charge in [0.2, 0.25) is 5.79 Å². The largest absolute Gasteiger partial charge is 0.496 e. The van der Waals surface area contributed by atoms with Gasteiger partial charge in [0.05, 0.1) is 32.0 Å². The van der Waals surface area contributed by atoms with E-state index in [-0.39, 0.29) is 30.2 Å². The third-order valence-corrected chi connectivity index (χ3v) is 9.61. The highest BCUT2D eigenvalue weighted by Gasteiger charge is 2.67. The van der Waals surface area contributed by atoms with Crippen LogP contribution in [0.3, 0.4) is 0 Å². The van der Waals surface area contributed by atoms with Crippen molar-refractivity contribution in [2.24, 2.45) is 17.3 Å². The highest BCUT2D eigenvalue weighted by Crippen LogP contribution is 2.66. The lowest BCUT2D eigenvalue weighted by Gasteiger charge is -2.64. The first-order valence-electron chi connectivity index (χ1n) is 14.1. The molecule has 4 fully saturated rings. The Bertz CT molecular complexity index is 1240. The standard InChI is InChI=1S/C31H39BO7/c1-29(2)21-14-24(29)31(5)25(15-21)38-32(39-31)16-20(18-35-17-19-10-8-7-9-11-19)22-12-13-23(34-6)26-27(22)36-30(3,4)37-28(26)33/h7-13,20-21,24-25H,14-18H2,1-6H3/t20?,21-,24-,25?,31-/m0/s1. The van der Waals surface area contributed by atoms with Gasteiger partial charge in [0.1, 0.15) is 17.1 Å². The molecule has 0 radical (unpaired) electrons. The molecule has 2 aromatic carbocycles. The first kappa shape index (κ1) is 26.7. The molecule has 2 heterocycles. The van der Waals surface area contributed by atoms with Crippen LogP contribution >= 0.6 is 0 Å². The SMILES string of the molecule is COc1ccc(C(COCc2ccccc2)CB2OC3C[C@@H]4C[C@@H](C4(C)C)[C@]3(C)O2)c2c1C(=O)OC(C)(C)O2. The van der Waals surface area contributed by atoms with E-state index in [2.05, 4.69) is 32.9 Å². The van der Waals surface area contributed by atoms with E-state index >= 15 is 0 Å². The van der Waals surface area contributed by atoms with Gasteiger partial charge in [-0.05, 0) is 55.0 Å². The van der Waals surface area contributed by atoms with E-state index in [1.807, 2.05) is 24.3 Å². The average molecular weight is 534 g/mol. The van der Waals surface area contributed by atoms with Crippen LogP contribution in [0, 0.1) is 17.3 Å². The Hall–Kier alpha value is -2.55. The Balaban J connectivity index is 1.30. The number of benzene rings is 2. The lowest BCUT2D eigenvalue weighted by Crippen LogP contribution is -2.65. The number of fused-ring (bicyclic) bond motifs is 1. The van der Waals surface area contributed by atoms with Crippen LogP contribution in [-0.4, -0.2) is 44.3 Å². The monoisotopic (exact) mass is 534 g/mol. The van der Waals surface area contributed by atoms with Crippen molar-refractivity contribution in [1.29, 1.82) is 0 Å². The van der Waals surface area contributed by atoms with Gasteiger partial charge in [0.25, 0.3) is 0 Å². The Morgan fingerprint density at radius 2 is 1.79 bits per heavy atom. The fourth-order valence-electron chi connectivity index (χ4n) is 7.38. The van der Waals surface area contributed by atoms with E-state index in [0.717, 1.165) is 17.5 Å². The summed E-state index contributed by atoms with van der Waals surface area (Å²) in [4.78, 5) is 13.1. The molecule has 0 spiro atoms. The molecule has 7 rings (SSSR count). The Morgan fingerprint density at radius 1 is 1.03 bits per heavy atom. The zero-order valence-electron chi connectivity index (χ0n) is 23.8. The summed E-state index contributed by atoms with van der Waals surface area (Å²) < 4.78 is 37.0. The second-order valence-electron chi connectivity index (χ2n) is 12.8. The van der Waals surface area contributed by atoms with Crippen LogP contribution in [0.2, 0.25) is 6.32 Å². The molecule has 2 unspecified atom stereocenters. The second-order valence-corrected chi connectivity index (χ2v) is 12.8. The summed E-state index contributed by atoms with van der Waals surface area (Å²) in [5.41, 5.74) is 2.25. The fourth-order valence-corrected chi connectivity index (χ4v) is 7.38. The molecule has 1 saturated heterocycles. The van der Waals surface area contributed by atoms with Gasteiger partial charge in [-0.1, -0.05) is 50.2 Å². The number of rotatable bonds is 8. The number of hydrogen-bond acceptors (Lipinski definition) is 7. The number of carbonyl (C=O) groups is 1. The topological polar surface area (TPSA) is 72.5 Å². The quantitative estimate of drug-likeness (QED) is 0.304. The first-order valence-corrected chi connectivity index (χ1v) is 14.1. The number of esters is 1. The molecule has 0 amide bonds. The molecule has 3 aliphatic carbocycles. The molecule has 5 atom stereocenters. The third-order valence-electron chi connectivity index (χ3n) is 9.61. The Kier molecular flexibility index (Phi) is 6.52. The van der Waals surface area contributed by atoms with E-state index in [9.17, 15) is 4.79 Å². The first-order chi connectivity index (χ1) is 18.5. The molecule has 39 heavy (non-hydrogen) atoms. The molecule has 8 heteroatoms. The highest BCUT2D eigenvalue weighted by atomic mass is 16.7. The number of ether oxygens (including phenoxy) is 4. The maximum atomic E-state index is 13.1. The molecule has 2 aliphatic heterocycles. The lowest BCUT2D eigenvalue weighted by molar-refractivity contribution is -0.199. The maximum Gasteiger partial charge on any atom is 0.458 e. The lowest BCUT2D eigenvalue weighted by atomic mass is 9.43. The van der Waals surface area contributed by atoms with Gasteiger partial charge in [0.15, 0.2) is 0 Å². The zero-order valence-corrected chi connectivity index (χ0v) is 23.8. The van der Waals surface area contributed by atoms with Gasteiger partial charge in [-0.25, -0.2) is 4.79 Å². The summed E-state index contributed by atoms with van der Waals surface area (Å²) in [6.45, 7) is 11.3. The minimum absolute atomic E-state index is 0.0973. The molecule has 5 aliphatic rings. The number of hydrogen-bond donors (Lipinski definition) is 0. The summed E-state index contributed by atoms with van der Waals surface area (Å²) in [5.74, 6) is 0.365. The van der Waals surface area contributed by atoms with Crippen molar-refractivity contribution in [3.8, 4) is 11.5 Å². The molecule has 7 nitrogen and oxygen atoms in total. The molecular weight excluding hydrogens is 495 g/mol. The van der Waals surface area contributed by atoms with Crippen molar-refractivity contribution in [2.45, 2.75) is 83.8 Å². The number of carbonyl (C=O) groups excluding carboxylic acids is 1. The predicted molar refractivity (Wildman–Crippen MR) is 147 cm³/mol. The van der Waals surface area contributed by atoms with Gasteiger partial charge >= 0.3 is 13.1 Å². The van der Waals surface area contributed by atoms with Gasteiger partial charge in [-0.3, -0.25) is 0 Å².